The number of ketones is 1. The fourth-order valence-corrected chi connectivity index (χ4v) is 2.50. The van der Waals surface area contributed by atoms with Crippen molar-refractivity contribution in [2.75, 3.05) is 13.1 Å². The second-order valence-electron chi connectivity index (χ2n) is 4.68. The van der Waals surface area contributed by atoms with E-state index in [0.29, 0.717) is 17.4 Å². The molecule has 0 bridgehead atoms. The zero-order valence-corrected chi connectivity index (χ0v) is 10.7. The maximum atomic E-state index is 12.0. The molecule has 92 valence electrons. The van der Waals surface area contributed by atoms with Gasteiger partial charge in [-0.15, -0.1) is 0 Å². The third-order valence-corrected chi connectivity index (χ3v) is 3.56. The van der Waals surface area contributed by atoms with E-state index in [1.54, 1.807) is 12.1 Å². The lowest BCUT2D eigenvalue weighted by molar-refractivity contribution is 0.0971. The Morgan fingerprint density at radius 3 is 3.06 bits per heavy atom. The topological polar surface area (TPSA) is 29.1 Å². The minimum atomic E-state index is 0.207. The molecule has 2 rings (SSSR count). The van der Waals surface area contributed by atoms with Crippen molar-refractivity contribution < 1.29 is 4.79 Å². The Labute approximate surface area is 107 Å². The Hall–Kier alpha value is -0.860. The first-order chi connectivity index (χ1) is 8.25. The number of carbonyl (C=O) groups is 1. The van der Waals surface area contributed by atoms with Crippen molar-refractivity contribution >= 4 is 17.4 Å². The zero-order valence-electron chi connectivity index (χ0n) is 9.92. The fraction of sp³-hybridized carbons (Fsp3) is 0.500. The maximum Gasteiger partial charge on any atom is 0.162 e. The molecule has 17 heavy (non-hydrogen) atoms. The predicted octanol–water partition coefficient (Wildman–Crippen LogP) is 3.30. The first-order valence-electron chi connectivity index (χ1n) is 6.25. The summed E-state index contributed by atoms with van der Waals surface area (Å²) < 4.78 is 0. The van der Waals surface area contributed by atoms with Gasteiger partial charge in [-0.3, -0.25) is 4.79 Å². The minimum absolute atomic E-state index is 0.207. The van der Waals surface area contributed by atoms with Gasteiger partial charge < -0.3 is 5.32 Å². The Morgan fingerprint density at radius 2 is 2.35 bits per heavy atom. The first-order valence-corrected chi connectivity index (χ1v) is 6.63. The van der Waals surface area contributed by atoms with Gasteiger partial charge in [0.2, 0.25) is 0 Å². The van der Waals surface area contributed by atoms with Gasteiger partial charge in [-0.05, 0) is 50.4 Å². The van der Waals surface area contributed by atoms with E-state index in [1.807, 2.05) is 12.1 Å². The zero-order chi connectivity index (χ0) is 12.1. The molecule has 0 aromatic heterocycles. The number of hydrogen-bond acceptors (Lipinski definition) is 2. The maximum absolute atomic E-state index is 12.0. The molecule has 1 N–H and O–H groups in total. The minimum Gasteiger partial charge on any atom is -0.316 e. The molecular weight excluding hydrogens is 234 g/mol. The third-order valence-electron chi connectivity index (χ3n) is 3.33. The molecule has 1 unspecified atom stereocenters. The van der Waals surface area contributed by atoms with E-state index in [4.69, 9.17) is 11.6 Å². The van der Waals surface area contributed by atoms with E-state index < -0.39 is 0 Å². The quantitative estimate of drug-likeness (QED) is 0.832. The van der Waals surface area contributed by atoms with Crippen LogP contribution in [0.25, 0.3) is 0 Å². The standard InChI is InChI=1S/C14H18ClNO/c15-13-5-1-4-12(9-13)14(17)7-6-11-3-2-8-16-10-11/h1,4-5,9,11,16H,2-3,6-8,10H2. The van der Waals surface area contributed by atoms with E-state index in [2.05, 4.69) is 5.32 Å². The van der Waals surface area contributed by atoms with Crippen LogP contribution in [0.15, 0.2) is 24.3 Å². The molecular formula is C14H18ClNO. The predicted molar refractivity (Wildman–Crippen MR) is 70.6 cm³/mol. The SMILES string of the molecule is O=C(CCC1CCCNC1)c1cccc(Cl)c1. The normalized spacial score (nSPS) is 20.2. The summed E-state index contributed by atoms with van der Waals surface area (Å²) in [7, 11) is 0. The Bertz CT molecular complexity index is 386. The number of carbonyl (C=O) groups excluding carboxylic acids is 1. The smallest absolute Gasteiger partial charge is 0.162 e. The van der Waals surface area contributed by atoms with Crippen LogP contribution in [-0.2, 0) is 0 Å². The molecule has 1 aromatic rings. The molecule has 1 atom stereocenters. The summed E-state index contributed by atoms with van der Waals surface area (Å²) in [6, 6.07) is 7.22. The van der Waals surface area contributed by atoms with Crippen LogP contribution < -0.4 is 5.32 Å². The summed E-state index contributed by atoms with van der Waals surface area (Å²) in [6.45, 7) is 2.18. The van der Waals surface area contributed by atoms with E-state index in [1.165, 1.54) is 12.8 Å². The van der Waals surface area contributed by atoms with Crippen LogP contribution in [-0.4, -0.2) is 18.9 Å². The van der Waals surface area contributed by atoms with Gasteiger partial charge in [-0.25, -0.2) is 0 Å². The molecule has 1 saturated heterocycles. The van der Waals surface area contributed by atoms with Crippen molar-refractivity contribution in [2.45, 2.75) is 25.7 Å². The number of Topliss-reactive ketones (excluding diaryl/α,β-unsaturated/α-hetero) is 1. The van der Waals surface area contributed by atoms with Crippen LogP contribution in [0.4, 0.5) is 0 Å². The van der Waals surface area contributed by atoms with Gasteiger partial charge in [0.1, 0.15) is 0 Å². The Morgan fingerprint density at radius 1 is 1.47 bits per heavy atom. The number of halogens is 1. The summed E-state index contributed by atoms with van der Waals surface area (Å²) >= 11 is 5.88. The van der Waals surface area contributed by atoms with Crippen LogP contribution in [0.2, 0.25) is 5.02 Å². The summed E-state index contributed by atoms with van der Waals surface area (Å²) in [4.78, 5) is 12.0. The number of piperidine rings is 1. The second kappa shape index (κ2) is 6.18. The summed E-state index contributed by atoms with van der Waals surface area (Å²) in [5.74, 6) is 0.866. The van der Waals surface area contributed by atoms with Gasteiger partial charge >= 0.3 is 0 Å². The molecule has 0 spiro atoms. The van der Waals surface area contributed by atoms with Crippen molar-refractivity contribution in [1.82, 2.24) is 5.32 Å². The lowest BCUT2D eigenvalue weighted by atomic mass is 9.92. The van der Waals surface area contributed by atoms with Gasteiger partial charge in [0.15, 0.2) is 5.78 Å². The summed E-state index contributed by atoms with van der Waals surface area (Å²) in [6.07, 6.45) is 4.09. The van der Waals surface area contributed by atoms with Crippen molar-refractivity contribution in [2.24, 2.45) is 5.92 Å². The molecule has 1 aliphatic heterocycles. The lowest BCUT2D eigenvalue weighted by Crippen LogP contribution is -2.30. The summed E-state index contributed by atoms with van der Waals surface area (Å²) in [5, 5.41) is 4.01. The van der Waals surface area contributed by atoms with Gasteiger partial charge in [-0.2, -0.15) is 0 Å². The van der Waals surface area contributed by atoms with Crippen LogP contribution >= 0.6 is 11.6 Å². The number of rotatable bonds is 4. The molecule has 0 amide bonds. The largest absolute Gasteiger partial charge is 0.316 e. The number of hydrogen-bond donors (Lipinski definition) is 1. The van der Waals surface area contributed by atoms with Crippen molar-refractivity contribution in [1.29, 1.82) is 0 Å². The van der Waals surface area contributed by atoms with Crippen molar-refractivity contribution in [3.05, 3.63) is 34.9 Å². The molecule has 0 aliphatic carbocycles. The highest BCUT2D eigenvalue weighted by molar-refractivity contribution is 6.31. The molecule has 1 aromatic carbocycles. The number of benzene rings is 1. The number of nitrogens with one attached hydrogen (secondary N) is 1. The molecule has 1 fully saturated rings. The highest BCUT2D eigenvalue weighted by Crippen LogP contribution is 2.19. The third kappa shape index (κ3) is 3.83. The highest BCUT2D eigenvalue weighted by Gasteiger charge is 2.15. The van der Waals surface area contributed by atoms with Gasteiger partial charge in [0, 0.05) is 17.0 Å². The molecule has 0 radical (unpaired) electrons. The molecule has 1 heterocycles. The van der Waals surface area contributed by atoms with E-state index in [-0.39, 0.29) is 5.78 Å². The fourth-order valence-electron chi connectivity index (χ4n) is 2.31. The van der Waals surface area contributed by atoms with Crippen LogP contribution in [0.3, 0.4) is 0 Å². The first kappa shape index (κ1) is 12.6. The van der Waals surface area contributed by atoms with Gasteiger partial charge in [0.25, 0.3) is 0 Å². The molecule has 0 saturated carbocycles. The van der Waals surface area contributed by atoms with E-state index >= 15 is 0 Å². The van der Waals surface area contributed by atoms with E-state index in [9.17, 15) is 4.79 Å². The van der Waals surface area contributed by atoms with Crippen molar-refractivity contribution in [3.63, 3.8) is 0 Å². The molecule has 1 aliphatic rings. The lowest BCUT2D eigenvalue weighted by Gasteiger charge is -2.22. The van der Waals surface area contributed by atoms with Gasteiger partial charge in [0.05, 0.1) is 0 Å². The monoisotopic (exact) mass is 251 g/mol. The molecule has 2 nitrogen and oxygen atoms in total. The highest BCUT2D eigenvalue weighted by atomic mass is 35.5. The van der Waals surface area contributed by atoms with Gasteiger partial charge in [-0.1, -0.05) is 23.7 Å². The summed E-state index contributed by atoms with van der Waals surface area (Å²) in [5.41, 5.74) is 0.737. The van der Waals surface area contributed by atoms with Crippen LogP contribution in [0.1, 0.15) is 36.0 Å². The molecule has 3 heteroatoms. The Balaban J connectivity index is 1.84. The van der Waals surface area contributed by atoms with Crippen LogP contribution in [0, 0.1) is 5.92 Å². The van der Waals surface area contributed by atoms with Crippen LogP contribution in [0.5, 0.6) is 0 Å². The average Bonchev–Trinajstić information content (AvgIpc) is 2.37. The van der Waals surface area contributed by atoms with E-state index in [0.717, 1.165) is 25.1 Å². The average molecular weight is 252 g/mol. The second-order valence-corrected chi connectivity index (χ2v) is 5.12. The Kier molecular flexibility index (Phi) is 4.57. The van der Waals surface area contributed by atoms with Crippen molar-refractivity contribution in [3.8, 4) is 0 Å².